The Bertz CT molecular complexity index is 565. The average molecular weight is 269 g/mol. The van der Waals surface area contributed by atoms with Crippen molar-refractivity contribution in [1.82, 2.24) is 5.32 Å². The van der Waals surface area contributed by atoms with Crippen LogP contribution in [0.3, 0.4) is 0 Å². The van der Waals surface area contributed by atoms with Crippen molar-refractivity contribution in [1.29, 1.82) is 0 Å². The van der Waals surface area contributed by atoms with Gasteiger partial charge < -0.3 is 15.2 Å². The smallest absolute Gasteiger partial charge is 0.122 e. The molecular weight excluding hydrogens is 250 g/mol. The van der Waals surface area contributed by atoms with E-state index >= 15 is 0 Å². The summed E-state index contributed by atoms with van der Waals surface area (Å²) < 4.78 is 5.68. The van der Waals surface area contributed by atoms with Crippen LogP contribution >= 0.6 is 0 Å². The van der Waals surface area contributed by atoms with Crippen molar-refractivity contribution < 1.29 is 9.84 Å². The summed E-state index contributed by atoms with van der Waals surface area (Å²) in [6.45, 7) is 2.61. The van der Waals surface area contributed by atoms with Gasteiger partial charge in [0.1, 0.15) is 5.75 Å². The van der Waals surface area contributed by atoms with Gasteiger partial charge in [0.05, 0.1) is 13.2 Å². The molecule has 0 saturated heterocycles. The number of ether oxygens (including phenoxy) is 1. The van der Waals surface area contributed by atoms with Gasteiger partial charge in [-0.1, -0.05) is 42.5 Å². The molecule has 2 N–H and O–H groups in total. The van der Waals surface area contributed by atoms with E-state index in [-0.39, 0.29) is 6.61 Å². The molecule has 3 heteroatoms. The molecule has 0 fully saturated rings. The van der Waals surface area contributed by atoms with E-state index < -0.39 is 0 Å². The Hall–Kier alpha value is -1.84. The first-order chi connectivity index (χ1) is 9.86. The van der Waals surface area contributed by atoms with Crippen molar-refractivity contribution in [3.63, 3.8) is 0 Å². The minimum atomic E-state index is 0.101. The summed E-state index contributed by atoms with van der Waals surface area (Å²) in [6, 6.07) is 16.3. The SMILES string of the molecule is OCc1ccc(CNCC2COc3ccccc32)cc1. The van der Waals surface area contributed by atoms with E-state index in [1.165, 1.54) is 11.1 Å². The van der Waals surface area contributed by atoms with Gasteiger partial charge in [-0.15, -0.1) is 0 Å². The van der Waals surface area contributed by atoms with E-state index in [0.717, 1.165) is 31.0 Å². The molecule has 1 aliphatic rings. The molecule has 0 spiro atoms. The van der Waals surface area contributed by atoms with Crippen LogP contribution < -0.4 is 10.1 Å². The van der Waals surface area contributed by atoms with E-state index in [1.807, 2.05) is 24.3 Å². The highest BCUT2D eigenvalue weighted by molar-refractivity contribution is 5.39. The van der Waals surface area contributed by atoms with Gasteiger partial charge in [-0.2, -0.15) is 0 Å². The lowest BCUT2D eigenvalue weighted by Gasteiger charge is -2.10. The van der Waals surface area contributed by atoms with E-state index in [2.05, 4.69) is 29.6 Å². The molecule has 0 aliphatic carbocycles. The Morgan fingerprint density at radius 2 is 1.80 bits per heavy atom. The van der Waals surface area contributed by atoms with Crippen molar-refractivity contribution >= 4 is 0 Å². The van der Waals surface area contributed by atoms with Crippen LogP contribution in [-0.4, -0.2) is 18.3 Å². The highest BCUT2D eigenvalue weighted by atomic mass is 16.5. The minimum absolute atomic E-state index is 0.101. The summed E-state index contributed by atoms with van der Waals surface area (Å²) in [5.41, 5.74) is 3.48. The van der Waals surface area contributed by atoms with Gasteiger partial charge in [0.15, 0.2) is 0 Å². The molecule has 1 atom stereocenters. The Balaban J connectivity index is 1.53. The normalized spacial score (nSPS) is 16.8. The zero-order valence-electron chi connectivity index (χ0n) is 11.4. The summed E-state index contributed by atoms with van der Waals surface area (Å²) >= 11 is 0. The first-order valence-electron chi connectivity index (χ1n) is 6.98. The predicted octanol–water partition coefficient (Wildman–Crippen LogP) is 2.44. The van der Waals surface area contributed by atoms with Gasteiger partial charge in [0.25, 0.3) is 0 Å². The lowest BCUT2D eigenvalue weighted by molar-refractivity contribution is 0.282. The molecule has 104 valence electrons. The van der Waals surface area contributed by atoms with Crippen LogP contribution in [0.4, 0.5) is 0 Å². The Kier molecular flexibility index (Phi) is 4.00. The monoisotopic (exact) mass is 269 g/mol. The molecule has 0 aromatic heterocycles. The third-order valence-electron chi connectivity index (χ3n) is 3.72. The molecule has 3 nitrogen and oxygen atoms in total. The lowest BCUT2D eigenvalue weighted by atomic mass is 10.0. The van der Waals surface area contributed by atoms with Crippen LogP contribution in [0, 0.1) is 0 Å². The number of hydrogen-bond acceptors (Lipinski definition) is 3. The topological polar surface area (TPSA) is 41.5 Å². The molecule has 1 aliphatic heterocycles. The van der Waals surface area contributed by atoms with Gasteiger partial charge >= 0.3 is 0 Å². The van der Waals surface area contributed by atoms with Gasteiger partial charge in [-0.05, 0) is 17.2 Å². The fourth-order valence-electron chi connectivity index (χ4n) is 2.55. The molecule has 2 aromatic carbocycles. The van der Waals surface area contributed by atoms with Crippen molar-refractivity contribution in [3.05, 3.63) is 65.2 Å². The molecule has 2 aromatic rings. The molecule has 0 radical (unpaired) electrons. The van der Waals surface area contributed by atoms with E-state index in [1.54, 1.807) is 0 Å². The van der Waals surface area contributed by atoms with Gasteiger partial charge in [0, 0.05) is 24.6 Å². The zero-order valence-corrected chi connectivity index (χ0v) is 11.4. The highest BCUT2D eigenvalue weighted by Gasteiger charge is 2.22. The fraction of sp³-hybridized carbons (Fsp3) is 0.294. The molecule has 1 heterocycles. The number of para-hydroxylation sites is 1. The largest absolute Gasteiger partial charge is 0.493 e. The van der Waals surface area contributed by atoms with Gasteiger partial charge in [-0.25, -0.2) is 0 Å². The summed E-state index contributed by atoms with van der Waals surface area (Å²) in [4.78, 5) is 0. The first-order valence-corrected chi connectivity index (χ1v) is 6.98. The highest BCUT2D eigenvalue weighted by Crippen LogP contribution is 2.32. The quantitative estimate of drug-likeness (QED) is 0.876. The third kappa shape index (κ3) is 2.84. The maximum atomic E-state index is 9.01. The number of rotatable bonds is 5. The van der Waals surface area contributed by atoms with Crippen LogP contribution in [0.5, 0.6) is 5.75 Å². The van der Waals surface area contributed by atoms with Crippen molar-refractivity contribution in [2.75, 3.05) is 13.2 Å². The Labute approximate surface area is 119 Å². The second-order valence-electron chi connectivity index (χ2n) is 5.15. The fourth-order valence-corrected chi connectivity index (χ4v) is 2.55. The summed E-state index contributed by atoms with van der Waals surface area (Å²) in [5, 5.41) is 12.5. The van der Waals surface area contributed by atoms with Crippen LogP contribution in [0.1, 0.15) is 22.6 Å². The van der Waals surface area contributed by atoms with Crippen molar-refractivity contribution in [2.24, 2.45) is 0 Å². The number of hydrogen-bond donors (Lipinski definition) is 2. The van der Waals surface area contributed by atoms with Crippen LogP contribution in [0.15, 0.2) is 48.5 Å². The molecule has 0 bridgehead atoms. The molecule has 0 saturated carbocycles. The maximum Gasteiger partial charge on any atom is 0.122 e. The van der Waals surface area contributed by atoms with Crippen LogP contribution in [0.25, 0.3) is 0 Å². The summed E-state index contributed by atoms with van der Waals surface area (Å²) in [6.07, 6.45) is 0. The van der Waals surface area contributed by atoms with Crippen LogP contribution in [-0.2, 0) is 13.2 Å². The standard InChI is InChI=1S/C17H19NO2/c19-11-14-7-5-13(6-8-14)9-18-10-15-12-20-17-4-2-1-3-16(15)17/h1-8,15,18-19H,9-12H2. The number of nitrogens with one attached hydrogen (secondary N) is 1. The first kappa shape index (κ1) is 13.2. The molecule has 0 amide bonds. The molecule has 1 unspecified atom stereocenters. The van der Waals surface area contributed by atoms with Gasteiger partial charge in [0.2, 0.25) is 0 Å². The van der Waals surface area contributed by atoms with Crippen molar-refractivity contribution in [2.45, 2.75) is 19.1 Å². The molecular formula is C17H19NO2. The van der Waals surface area contributed by atoms with E-state index in [0.29, 0.717) is 5.92 Å². The Morgan fingerprint density at radius 3 is 2.60 bits per heavy atom. The number of aliphatic hydroxyl groups excluding tert-OH is 1. The average Bonchev–Trinajstić information content (AvgIpc) is 2.92. The maximum absolute atomic E-state index is 9.01. The third-order valence-corrected chi connectivity index (χ3v) is 3.72. The number of fused-ring (bicyclic) bond motifs is 1. The minimum Gasteiger partial charge on any atom is -0.493 e. The number of benzene rings is 2. The van der Waals surface area contributed by atoms with E-state index in [4.69, 9.17) is 9.84 Å². The van der Waals surface area contributed by atoms with Crippen molar-refractivity contribution in [3.8, 4) is 5.75 Å². The summed E-state index contributed by atoms with van der Waals surface area (Å²) in [7, 11) is 0. The van der Waals surface area contributed by atoms with Gasteiger partial charge in [-0.3, -0.25) is 0 Å². The second-order valence-corrected chi connectivity index (χ2v) is 5.15. The zero-order chi connectivity index (χ0) is 13.8. The lowest BCUT2D eigenvalue weighted by Crippen LogP contribution is -2.22. The predicted molar refractivity (Wildman–Crippen MR) is 78.7 cm³/mol. The Morgan fingerprint density at radius 1 is 1.05 bits per heavy atom. The molecule has 20 heavy (non-hydrogen) atoms. The van der Waals surface area contributed by atoms with E-state index in [9.17, 15) is 0 Å². The molecule has 3 rings (SSSR count). The number of aliphatic hydroxyl groups is 1. The second kappa shape index (κ2) is 6.07. The summed E-state index contributed by atoms with van der Waals surface area (Å²) in [5.74, 6) is 1.45. The van der Waals surface area contributed by atoms with Crippen LogP contribution in [0.2, 0.25) is 0 Å².